The number of pyridine rings is 2. The average molecular weight is 257 g/mol. The SMILES string of the molecule is CCN(Cc1ccccn1)c1ccc([C@H](C)O)nc1. The van der Waals surface area contributed by atoms with Gasteiger partial charge in [-0.2, -0.15) is 0 Å². The molecule has 0 aliphatic rings. The molecule has 100 valence electrons. The van der Waals surface area contributed by atoms with E-state index in [2.05, 4.69) is 21.8 Å². The standard InChI is InChI=1S/C15H19N3O/c1-3-18(11-13-6-4-5-9-16-13)14-7-8-15(12(2)19)17-10-14/h4-10,12,19H,3,11H2,1-2H3/t12-/m0/s1. The van der Waals surface area contributed by atoms with E-state index in [1.165, 1.54) is 0 Å². The minimum absolute atomic E-state index is 0.528. The smallest absolute Gasteiger partial charge is 0.0931 e. The molecule has 19 heavy (non-hydrogen) atoms. The fourth-order valence-electron chi connectivity index (χ4n) is 1.90. The largest absolute Gasteiger partial charge is 0.387 e. The maximum absolute atomic E-state index is 9.46. The molecule has 2 rings (SSSR count). The van der Waals surface area contributed by atoms with E-state index in [1.807, 2.05) is 30.3 Å². The summed E-state index contributed by atoms with van der Waals surface area (Å²) < 4.78 is 0. The second-order valence-corrected chi connectivity index (χ2v) is 4.45. The van der Waals surface area contributed by atoms with Crippen LogP contribution in [0.25, 0.3) is 0 Å². The zero-order valence-electron chi connectivity index (χ0n) is 11.3. The maximum atomic E-state index is 9.46. The molecule has 0 fully saturated rings. The summed E-state index contributed by atoms with van der Waals surface area (Å²) in [5, 5.41) is 9.46. The Morgan fingerprint density at radius 1 is 1.21 bits per heavy atom. The Hall–Kier alpha value is -1.94. The number of aliphatic hydroxyl groups is 1. The van der Waals surface area contributed by atoms with Crippen molar-refractivity contribution in [3.8, 4) is 0 Å². The third-order valence-corrected chi connectivity index (χ3v) is 3.02. The first-order chi connectivity index (χ1) is 9.20. The molecule has 2 aromatic rings. The molecule has 0 radical (unpaired) electrons. The Morgan fingerprint density at radius 3 is 2.58 bits per heavy atom. The Balaban J connectivity index is 2.13. The molecule has 2 heterocycles. The van der Waals surface area contributed by atoms with Crippen LogP contribution < -0.4 is 4.90 Å². The first kappa shape index (κ1) is 13.5. The van der Waals surface area contributed by atoms with E-state index < -0.39 is 6.10 Å². The van der Waals surface area contributed by atoms with Gasteiger partial charge in [0.25, 0.3) is 0 Å². The zero-order chi connectivity index (χ0) is 13.7. The second kappa shape index (κ2) is 6.29. The van der Waals surface area contributed by atoms with Gasteiger partial charge in [0, 0.05) is 12.7 Å². The topological polar surface area (TPSA) is 49.2 Å². The highest BCUT2D eigenvalue weighted by Crippen LogP contribution is 2.17. The van der Waals surface area contributed by atoms with E-state index >= 15 is 0 Å². The highest BCUT2D eigenvalue weighted by molar-refractivity contribution is 5.44. The van der Waals surface area contributed by atoms with Crippen molar-refractivity contribution in [3.63, 3.8) is 0 Å². The van der Waals surface area contributed by atoms with Crippen LogP contribution in [0.1, 0.15) is 31.3 Å². The number of hydrogen-bond acceptors (Lipinski definition) is 4. The number of hydrogen-bond donors (Lipinski definition) is 1. The van der Waals surface area contributed by atoms with Crippen LogP contribution >= 0.6 is 0 Å². The van der Waals surface area contributed by atoms with Crippen LogP contribution in [0.4, 0.5) is 5.69 Å². The molecule has 4 heteroatoms. The summed E-state index contributed by atoms with van der Waals surface area (Å²) in [6.07, 6.45) is 3.08. The summed E-state index contributed by atoms with van der Waals surface area (Å²) in [6, 6.07) is 9.77. The molecule has 4 nitrogen and oxygen atoms in total. The third-order valence-electron chi connectivity index (χ3n) is 3.02. The van der Waals surface area contributed by atoms with Gasteiger partial charge in [0.15, 0.2) is 0 Å². The summed E-state index contributed by atoms with van der Waals surface area (Å²) in [7, 11) is 0. The van der Waals surface area contributed by atoms with Gasteiger partial charge in [-0.25, -0.2) is 0 Å². The molecule has 0 saturated carbocycles. The molecule has 1 N–H and O–H groups in total. The summed E-state index contributed by atoms with van der Waals surface area (Å²) in [5.74, 6) is 0. The minimum Gasteiger partial charge on any atom is -0.387 e. The minimum atomic E-state index is -0.528. The molecule has 1 atom stereocenters. The fraction of sp³-hybridized carbons (Fsp3) is 0.333. The quantitative estimate of drug-likeness (QED) is 0.894. The van der Waals surface area contributed by atoms with Gasteiger partial charge in [-0.05, 0) is 38.1 Å². The van der Waals surface area contributed by atoms with E-state index in [1.54, 1.807) is 19.3 Å². The van der Waals surface area contributed by atoms with Crippen molar-refractivity contribution in [3.05, 3.63) is 54.1 Å². The second-order valence-electron chi connectivity index (χ2n) is 4.45. The van der Waals surface area contributed by atoms with E-state index in [0.717, 1.165) is 24.5 Å². The van der Waals surface area contributed by atoms with Crippen LogP contribution in [-0.2, 0) is 6.54 Å². The van der Waals surface area contributed by atoms with Crippen molar-refractivity contribution < 1.29 is 5.11 Å². The maximum Gasteiger partial charge on any atom is 0.0931 e. The molecular formula is C15H19N3O. The van der Waals surface area contributed by atoms with Crippen molar-refractivity contribution in [2.75, 3.05) is 11.4 Å². The number of nitrogens with zero attached hydrogens (tertiary/aromatic N) is 3. The van der Waals surface area contributed by atoms with E-state index in [9.17, 15) is 5.11 Å². The Morgan fingerprint density at radius 2 is 2.05 bits per heavy atom. The highest BCUT2D eigenvalue weighted by Gasteiger charge is 2.08. The highest BCUT2D eigenvalue weighted by atomic mass is 16.3. The van der Waals surface area contributed by atoms with Crippen molar-refractivity contribution in [2.45, 2.75) is 26.5 Å². The molecule has 0 spiro atoms. The number of aromatic nitrogens is 2. The van der Waals surface area contributed by atoms with Crippen molar-refractivity contribution in [2.24, 2.45) is 0 Å². The lowest BCUT2D eigenvalue weighted by molar-refractivity contribution is 0.194. The number of anilines is 1. The van der Waals surface area contributed by atoms with Crippen molar-refractivity contribution in [1.82, 2.24) is 9.97 Å². The fourth-order valence-corrected chi connectivity index (χ4v) is 1.90. The summed E-state index contributed by atoms with van der Waals surface area (Å²) >= 11 is 0. The summed E-state index contributed by atoms with van der Waals surface area (Å²) in [5.41, 5.74) is 2.76. The van der Waals surface area contributed by atoms with Crippen molar-refractivity contribution in [1.29, 1.82) is 0 Å². The summed E-state index contributed by atoms with van der Waals surface area (Å²) in [6.45, 7) is 5.46. The Kier molecular flexibility index (Phi) is 4.47. The zero-order valence-corrected chi connectivity index (χ0v) is 11.3. The average Bonchev–Trinajstić information content (AvgIpc) is 2.46. The lowest BCUT2D eigenvalue weighted by atomic mass is 10.2. The van der Waals surface area contributed by atoms with Crippen LogP contribution in [0.15, 0.2) is 42.7 Å². The Bertz CT molecular complexity index is 497. The van der Waals surface area contributed by atoms with E-state index in [4.69, 9.17) is 0 Å². The first-order valence-corrected chi connectivity index (χ1v) is 6.49. The molecule has 0 bridgehead atoms. The van der Waals surface area contributed by atoms with Gasteiger partial charge in [-0.15, -0.1) is 0 Å². The normalized spacial score (nSPS) is 12.2. The van der Waals surface area contributed by atoms with Crippen LogP contribution in [-0.4, -0.2) is 21.6 Å². The molecular weight excluding hydrogens is 238 g/mol. The predicted molar refractivity (Wildman–Crippen MR) is 75.8 cm³/mol. The van der Waals surface area contributed by atoms with Gasteiger partial charge in [-0.1, -0.05) is 6.07 Å². The molecule has 0 aliphatic heterocycles. The van der Waals surface area contributed by atoms with Gasteiger partial charge in [-0.3, -0.25) is 9.97 Å². The Labute approximate surface area is 113 Å². The van der Waals surface area contributed by atoms with Gasteiger partial charge in [0.1, 0.15) is 0 Å². The molecule has 0 saturated heterocycles. The monoisotopic (exact) mass is 257 g/mol. The number of aliphatic hydroxyl groups excluding tert-OH is 1. The van der Waals surface area contributed by atoms with Crippen LogP contribution in [0, 0.1) is 0 Å². The van der Waals surface area contributed by atoms with Gasteiger partial charge < -0.3 is 10.0 Å². The van der Waals surface area contributed by atoms with Crippen LogP contribution in [0.5, 0.6) is 0 Å². The van der Waals surface area contributed by atoms with E-state index in [-0.39, 0.29) is 0 Å². The molecule has 0 aromatic carbocycles. The van der Waals surface area contributed by atoms with Gasteiger partial charge >= 0.3 is 0 Å². The van der Waals surface area contributed by atoms with Crippen LogP contribution in [0.3, 0.4) is 0 Å². The summed E-state index contributed by atoms with van der Waals surface area (Å²) in [4.78, 5) is 10.8. The van der Waals surface area contributed by atoms with Crippen molar-refractivity contribution >= 4 is 5.69 Å². The van der Waals surface area contributed by atoms with Gasteiger partial charge in [0.05, 0.1) is 35.9 Å². The molecule has 0 aliphatic carbocycles. The predicted octanol–water partition coefficient (Wildman–Crippen LogP) is 2.56. The van der Waals surface area contributed by atoms with E-state index in [0.29, 0.717) is 5.69 Å². The first-order valence-electron chi connectivity index (χ1n) is 6.49. The molecule has 0 amide bonds. The third kappa shape index (κ3) is 3.51. The van der Waals surface area contributed by atoms with Crippen LogP contribution in [0.2, 0.25) is 0 Å². The van der Waals surface area contributed by atoms with Gasteiger partial charge in [0.2, 0.25) is 0 Å². The lowest BCUT2D eigenvalue weighted by Crippen LogP contribution is -2.22. The lowest BCUT2D eigenvalue weighted by Gasteiger charge is -2.22. The molecule has 2 aromatic heterocycles. The molecule has 0 unspecified atom stereocenters. The number of rotatable bonds is 5.